The molecular formula is C17H15ClFNO4. The van der Waals surface area contributed by atoms with Crippen molar-refractivity contribution >= 4 is 29.2 Å². The molecule has 0 spiro atoms. The Morgan fingerprint density at radius 3 is 2.54 bits per heavy atom. The molecule has 1 amide bonds. The van der Waals surface area contributed by atoms with Gasteiger partial charge in [-0.25, -0.2) is 9.18 Å². The smallest absolute Gasteiger partial charge is 0.343 e. The van der Waals surface area contributed by atoms with E-state index >= 15 is 0 Å². The van der Waals surface area contributed by atoms with Crippen LogP contribution in [-0.4, -0.2) is 25.1 Å². The first kappa shape index (κ1) is 17.7. The number of carbonyl (C=O) groups is 2. The molecule has 0 heterocycles. The molecule has 2 aromatic rings. The van der Waals surface area contributed by atoms with Crippen molar-refractivity contribution in [3.05, 3.63) is 58.9 Å². The molecule has 2 aromatic carbocycles. The van der Waals surface area contributed by atoms with Crippen LogP contribution in [0.25, 0.3) is 0 Å². The summed E-state index contributed by atoms with van der Waals surface area (Å²) in [6.07, 6.45) is -1.15. The predicted octanol–water partition coefficient (Wildman–Crippen LogP) is 3.67. The molecular weight excluding hydrogens is 337 g/mol. The molecule has 2 rings (SSSR count). The van der Waals surface area contributed by atoms with Gasteiger partial charge in [-0.1, -0.05) is 29.8 Å². The minimum Gasteiger partial charge on any atom is -0.495 e. The zero-order valence-corrected chi connectivity index (χ0v) is 13.8. The van der Waals surface area contributed by atoms with Gasteiger partial charge in [-0.05, 0) is 31.2 Å². The van der Waals surface area contributed by atoms with Crippen molar-refractivity contribution in [3.63, 3.8) is 0 Å². The zero-order chi connectivity index (χ0) is 17.7. The Hall–Kier alpha value is -2.60. The number of hydrogen-bond donors (Lipinski definition) is 1. The SMILES string of the molecule is COc1ccccc1NC(=O)[C@@H](C)OC(=O)c1c(F)cccc1Cl. The maximum atomic E-state index is 13.7. The molecule has 7 heteroatoms. The summed E-state index contributed by atoms with van der Waals surface area (Å²) in [7, 11) is 1.47. The second-order valence-corrected chi connectivity index (χ2v) is 5.24. The molecule has 24 heavy (non-hydrogen) atoms. The third-order valence-corrected chi connectivity index (χ3v) is 3.50. The average molecular weight is 352 g/mol. The number of para-hydroxylation sites is 2. The third-order valence-electron chi connectivity index (χ3n) is 3.18. The number of anilines is 1. The molecule has 0 saturated carbocycles. The van der Waals surface area contributed by atoms with Crippen LogP contribution in [0.1, 0.15) is 17.3 Å². The lowest BCUT2D eigenvalue weighted by Crippen LogP contribution is -2.30. The van der Waals surface area contributed by atoms with E-state index in [1.165, 1.54) is 26.2 Å². The highest BCUT2D eigenvalue weighted by Gasteiger charge is 2.23. The Balaban J connectivity index is 2.07. The number of nitrogens with one attached hydrogen (secondary N) is 1. The van der Waals surface area contributed by atoms with Crippen molar-refractivity contribution < 1.29 is 23.5 Å². The Morgan fingerprint density at radius 1 is 1.17 bits per heavy atom. The molecule has 0 fully saturated rings. The highest BCUT2D eigenvalue weighted by atomic mass is 35.5. The van der Waals surface area contributed by atoms with Gasteiger partial charge in [-0.15, -0.1) is 0 Å². The van der Waals surface area contributed by atoms with Crippen LogP contribution in [0.4, 0.5) is 10.1 Å². The van der Waals surface area contributed by atoms with Gasteiger partial charge in [-0.3, -0.25) is 4.79 Å². The number of halogens is 2. The number of rotatable bonds is 5. The largest absolute Gasteiger partial charge is 0.495 e. The Morgan fingerprint density at radius 2 is 1.88 bits per heavy atom. The molecule has 0 radical (unpaired) electrons. The number of hydrogen-bond acceptors (Lipinski definition) is 4. The van der Waals surface area contributed by atoms with E-state index < -0.39 is 29.4 Å². The lowest BCUT2D eigenvalue weighted by Gasteiger charge is -2.15. The number of amides is 1. The predicted molar refractivity (Wildman–Crippen MR) is 87.9 cm³/mol. The van der Waals surface area contributed by atoms with Gasteiger partial charge in [0, 0.05) is 0 Å². The third kappa shape index (κ3) is 4.02. The standard InChI is InChI=1S/C17H15ClFNO4/c1-10(16(21)20-13-8-3-4-9-14(13)23-2)24-17(22)15-11(18)6-5-7-12(15)19/h3-10H,1-2H3,(H,20,21)/t10-/m1/s1. The summed E-state index contributed by atoms with van der Waals surface area (Å²) in [6.45, 7) is 1.37. The fourth-order valence-corrected chi connectivity index (χ4v) is 2.19. The van der Waals surface area contributed by atoms with Crippen molar-refractivity contribution in [2.45, 2.75) is 13.0 Å². The monoisotopic (exact) mass is 351 g/mol. The van der Waals surface area contributed by atoms with E-state index in [2.05, 4.69) is 5.32 Å². The number of carbonyl (C=O) groups excluding carboxylic acids is 2. The molecule has 0 aliphatic carbocycles. The number of esters is 1. The Kier molecular flexibility index (Phi) is 5.76. The summed E-state index contributed by atoms with van der Waals surface area (Å²) < 4.78 is 23.8. The van der Waals surface area contributed by atoms with Gasteiger partial charge in [0.05, 0.1) is 17.8 Å². The van der Waals surface area contributed by atoms with Crippen LogP contribution >= 0.6 is 11.6 Å². The quantitative estimate of drug-likeness (QED) is 0.835. The van der Waals surface area contributed by atoms with E-state index in [1.54, 1.807) is 24.3 Å². The lowest BCUT2D eigenvalue weighted by molar-refractivity contribution is -0.123. The highest BCUT2D eigenvalue weighted by molar-refractivity contribution is 6.33. The van der Waals surface area contributed by atoms with Crippen molar-refractivity contribution in [1.29, 1.82) is 0 Å². The average Bonchev–Trinajstić information content (AvgIpc) is 2.55. The molecule has 1 atom stereocenters. The first-order valence-corrected chi connectivity index (χ1v) is 7.40. The summed E-state index contributed by atoms with van der Waals surface area (Å²) in [5, 5.41) is 2.49. The van der Waals surface area contributed by atoms with Gasteiger partial charge in [0.25, 0.3) is 5.91 Å². The topological polar surface area (TPSA) is 64.6 Å². The van der Waals surface area contributed by atoms with Gasteiger partial charge >= 0.3 is 5.97 Å². The normalized spacial score (nSPS) is 11.5. The fourth-order valence-electron chi connectivity index (χ4n) is 1.95. The van der Waals surface area contributed by atoms with Crippen LogP contribution in [0.3, 0.4) is 0 Å². The van der Waals surface area contributed by atoms with E-state index in [0.717, 1.165) is 6.07 Å². The molecule has 126 valence electrons. The molecule has 0 saturated heterocycles. The van der Waals surface area contributed by atoms with Gasteiger partial charge in [0.2, 0.25) is 0 Å². The van der Waals surface area contributed by atoms with Crippen molar-refractivity contribution in [1.82, 2.24) is 0 Å². The van der Waals surface area contributed by atoms with Gasteiger partial charge in [0.1, 0.15) is 17.1 Å². The molecule has 0 bridgehead atoms. The molecule has 0 aliphatic heterocycles. The first-order chi connectivity index (χ1) is 11.4. The van der Waals surface area contributed by atoms with E-state index in [1.807, 2.05) is 0 Å². The number of methoxy groups -OCH3 is 1. The van der Waals surface area contributed by atoms with Crippen LogP contribution in [0.5, 0.6) is 5.75 Å². The van der Waals surface area contributed by atoms with E-state index in [-0.39, 0.29) is 5.02 Å². The molecule has 0 aliphatic rings. The van der Waals surface area contributed by atoms with Gasteiger partial charge in [-0.2, -0.15) is 0 Å². The maximum absolute atomic E-state index is 13.7. The van der Waals surface area contributed by atoms with E-state index in [0.29, 0.717) is 11.4 Å². The maximum Gasteiger partial charge on any atom is 0.343 e. The summed E-state index contributed by atoms with van der Waals surface area (Å²) in [4.78, 5) is 24.2. The molecule has 0 unspecified atom stereocenters. The number of benzene rings is 2. The van der Waals surface area contributed by atoms with Crippen LogP contribution in [0, 0.1) is 5.82 Å². The molecule has 1 N–H and O–H groups in total. The highest BCUT2D eigenvalue weighted by Crippen LogP contribution is 2.24. The van der Waals surface area contributed by atoms with E-state index in [4.69, 9.17) is 21.1 Å². The van der Waals surface area contributed by atoms with E-state index in [9.17, 15) is 14.0 Å². The van der Waals surface area contributed by atoms with Crippen molar-refractivity contribution in [2.75, 3.05) is 12.4 Å². The van der Waals surface area contributed by atoms with Crippen molar-refractivity contribution in [3.8, 4) is 5.75 Å². The summed E-state index contributed by atoms with van der Waals surface area (Å²) in [5.41, 5.74) is 0.0212. The summed E-state index contributed by atoms with van der Waals surface area (Å²) in [6, 6.07) is 10.6. The fraction of sp³-hybridized carbons (Fsp3) is 0.176. The Bertz CT molecular complexity index is 746. The van der Waals surface area contributed by atoms with Crippen LogP contribution in [0.15, 0.2) is 42.5 Å². The second kappa shape index (κ2) is 7.79. The van der Waals surface area contributed by atoms with Crippen LogP contribution in [-0.2, 0) is 9.53 Å². The van der Waals surface area contributed by atoms with Gasteiger partial charge < -0.3 is 14.8 Å². The lowest BCUT2D eigenvalue weighted by atomic mass is 10.2. The van der Waals surface area contributed by atoms with Crippen molar-refractivity contribution in [2.24, 2.45) is 0 Å². The summed E-state index contributed by atoms with van der Waals surface area (Å²) in [5.74, 6) is -1.95. The second-order valence-electron chi connectivity index (χ2n) is 4.83. The molecule has 0 aromatic heterocycles. The summed E-state index contributed by atoms with van der Waals surface area (Å²) >= 11 is 5.80. The minimum absolute atomic E-state index is 0.0858. The zero-order valence-electron chi connectivity index (χ0n) is 13.0. The van der Waals surface area contributed by atoms with Gasteiger partial charge in [0.15, 0.2) is 6.10 Å². The Labute approximate surface area is 143 Å². The number of ether oxygens (including phenoxy) is 2. The van der Waals surface area contributed by atoms with Crippen LogP contribution < -0.4 is 10.1 Å². The molecule has 5 nitrogen and oxygen atoms in total. The first-order valence-electron chi connectivity index (χ1n) is 7.03. The van der Waals surface area contributed by atoms with Crippen LogP contribution in [0.2, 0.25) is 5.02 Å². The minimum atomic E-state index is -1.15.